The molecule has 0 saturated heterocycles. The maximum Gasteiger partial charge on any atom is 0.573 e. The summed E-state index contributed by atoms with van der Waals surface area (Å²) >= 11 is 0. The van der Waals surface area contributed by atoms with Gasteiger partial charge in [0.25, 0.3) is 0 Å². The Morgan fingerprint density at radius 2 is 1.82 bits per heavy atom. The largest absolute Gasteiger partial charge is 0.573 e. The third-order valence-electron chi connectivity index (χ3n) is 3.75. The first kappa shape index (κ1) is 19.3. The predicted octanol–water partition coefficient (Wildman–Crippen LogP) is 3.76. The van der Waals surface area contributed by atoms with Crippen LogP contribution in [0.5, 0.6) is 5.75 Å². The van der Waals surface area contributed by atoms with Gasteiger partial charge in [0, 0.05) is 24.6 Å². The van der Waals surface area contributed by atoms with Gasteiger partial charge in [-0.15, -0.1) is 13.2 Å². The summed E-state index contributed by atoms with van der Waals surface area (Å²) in [5.41, 5.74) is 7.48. The van der Waals surface area contributed by atoms with Gasteiger partial charge in [-0.25, -0.2) is 9.98 Å². The number of nitrogens with zero attached hydrogens (tertiary/aromatic N) is 3. The zero-order valence-electron chi connectivity index (χ0n) is 14.7. The minimum absolute atomic E-state index is 0.124. The van der Waals surface area contributed by atoms with Gasteiger partial charge in [0.2, 0.25) is 0 Å². The lowest BCUT2D eigenvalue weighted by Gasteiger charge is -2.10. The number of hydrogen-bond acceptors (Lipinski definition) is 3. The van der Waals surface area contributed by atoms with E-state index in [4.69, 9.17) is 5.73 Å². The molecule has 3 aromatic rings. The van der Waals surface area contributed by atoms with E-state index in [-0.39, 0.29) is 18.3 Å². The van der Waals surface area contributed by atoms with Crippen molar-refractivity contribution in [2.24, 2.45) is 10.7 Å². The standard InChI is InChI=1S/C19H18F3N5O/c20-19(21,22)28-16-8-6-15(7-9-16)26-18(23)25-12-17-24-10-11-27(17)13-14-4-2-1-3-5-14/h1-11H,12-13H2,(H3,23,25,26). The number of anilines is 1. The molecule has 2 aromatic carbocycles. The Morgan fingerprint density at radius 3 is 2.50 bits per heavy atom. The van der Waals surface area contributed by atoms with Gasteiger partial charge in [-0.3, -0.25) is 0 Å². The molecule has 1 aromatic heterocycles. The molecular formula is C19H18F3N5O. The number of rotatable bonds is 6. The van der Waals surface area contributed by atoms with E-state index in [2.05, 4.69) is 20.0 Å². The molecule has 3 N–H and O–H groups in total. The molecule has 0 aliphatic heterocycles. The Hall–Kier alpha value is -3.49. The van der Waals surface area contributed by atoms with Crippen LogP contribution in [0.1, 0.15) is 11.4 Å². The lowest BCUT2D eigenvalue weighted by molar-refractivity contribution is -0.274. The van der Waals surface area contributed by atoms with E-state index in [0.29, 0.717) is 12.2 Å². The normalized spacial score (nSPS) is 12.0. The second-order valence-corrected chi connectivity index (χ2v) is 5.86. The van der Waals surface area contributed by atoms with Crippen molar-refractivity contribution >= 4 is 11.6 Å². The fourth-order valence-corrected chi connectivity index (χ4v) is 2.50. The molecule has 146 valence electrons. The molecule has 0 unspecified atom stereocenters. The quantitative estimate of drug-likeness (QED) is 0.497. The predicted molar refractivity (Wildman–Crippen MR) is 99.8 cm³/mol. The lowest BCUT2D eigenvalue weighted by atomic mass is 10.2. The van der Waals surface area contributed by atoms with Crippen molar-refractivity contribution in [3.63, 3.8) is 0 Å². The van der Waals surface area contributed by atoms with Crippen LogP contribution in [0.15, 0.2) is 72.0 Å². The van der Waals surface area contributed by atoms with Gasteiger partial charge in [0.1, 0.15) is 18.1 Å². The minimum Gasteiger partial charge on any atom is -0.406 e. The first-order valence-corrected chi connectivity index (χ1v) is 8.36. The number of imidazole rings is 1. The van der Waals surface area contributed by atoms with E-state index < -0.39 is 6.36 Å². The first-order valence-electron chi connectivity index (χ1n) is 8.36. The van der Waals surface area contributed by atoms with Crippen molar-refractivity contribution in [3.8, 4) is 5.75 Å². The molecule has 6 nitrogen and oxygen atoms in total. The van der Waals surface area contributed by atoms with Crippen molar-refractivity contribution in [1.29, 1.82) is 0 Å². The average molecular weight is 389 g/mol. The Kier molecular flexibility index (Phi) is 5.83. The highest BCUT2D eigenvalue weighted by Crippen LogP contribution is 2.23. The summed E-state index contributed by atoms with van der Waals surface area (Å²) in [6, 6.07) is 15.2. The number of ether oxygens (including phenoxy) is 1. The highest BCUT2D eigenvalue weighted by Gasteiger charge is 2.30. The Labute approximate surface area is 159 Å². The number of benzene rings is 2. The maximum absolute atomic E-state index is 12.2. The second-order valence-electron chi connectivity index (χ2n) is 5.86. The molecule has 28 heavy (non-hydrogen) atoms. The highest BCUT2D eigenvalue weighted by molar-refractivity contribution is 5.92. The number of nitrogens with one attached hydrogen (secondary N) is 1. The van der Waals surface area contributed by atoms with Crippen LogP contribution in [0, 0.1) is 0 Å². The Morgan fingerprint density at radius 1 is 1.11 bits per heavy atom. The van der Waals surface area contributed by atoms with Crippen LogP contribution in [0.4, 0.5) is 18.9 Å². The molecule has 0 fully saturated rings. The third kappa shape index (κ3) is 5.76. The smallest absolute Gasteiger partial charge is 0.406 e. The molecule has 9 heteroatoms. The van der Waals surface area contributed by atoms with Gasteiger partial charge >= 0.3 is 6.36 Å². The summed E-state index contributed by atoms with van der Waals surface area (Å²) < 4.78 is 42.3. The topological polar surface area (TPSA) is 77.5 Å². The number of aromatic nitrogens is 2. The van der Waals surface area contributed by atoms with Gasteiger partial charge in [-0.05, 0) is 29.8 Å². The molecule has 0 bridgehead atoms. The van der Waals surface area contributed by atoms with E-state index in [0.717, 1.165) is 11.4 Å². The molecule has 0 aliphatic rings. The summed E-state index contributed by atoms with van der Waals surface area (Å²) in [4.78, 5) is 8.52. The van der Waals surface area contributed by atoms with Crippen molar-refractivity contribution in [1.82, 2.24) is 9.55 Å². The van der Waals surface area contributed by atoms with Crippen molar-refractivity contribution in [2.75, 3.05) is 5.32 Å². The molecule has 0 amide bonds. The summed E-state index contributed by atoms with van der Waals surface area (Å²) in [5.74, 6) is 0.553. The first-order chi connectivity index (χ1) is 13.4. The van der Waals surface area contributed by atoms with E-state index >= 15 is 0 Å². The number of aliphatic imine (C=N–C) groups is 1. The van der Waals surface area contributed by atoms with Crippen LogP contribution in [-0.4, -0.2) is 21.9 Å². The van der Waals surface area contributed by atoms with Crippen molar-refractivity contribution in [2.45, 2.75) is 19.5 Å². The van der Waals surface area contributed by atoms with E-state index in [1.165, 1.54) is 24.3 Å². The van der Waals surface area contributed by atoms with Gasteiger partial charge in [-0.2, -0.15) is 0 Å². The summed E-state index contributed by atoms with van der Waals surface area (Å²) in [6.07, 6.45) is -1.17. The van der Waals surface area contributed by atoms with E-state index in [9.17, 15) is 13.2 Å². The fourth-order valence-electron chi connectivity index (χ4n) is 2.50. The van der Waals surface area contributed by atoms with Crippen molar-refractivity contribution in [3.05, 3.63) is 78.4 Å². The molecule has 3 rings (SSSR count). The van der Waals surface area contributed by atoms with Crippen LogP contribution in [0.25, 0.3) is 0 Å². The zero-order valence-corrected chi connectivity index (χ0v) is 14.7. The number of halogens is 3. The van der Waals surface area contributed by atoms with Crippen LogP contribution in [-0.2, 0) is 13.1 Å². The fraction of sp³-hybridized carbons (Fsp3) is 0.158. The molecule has 0 saturated carbocycles. The summed E-state index contributed by atoms with van der Waals surface area (Å²) in [5, 5.41) is 2.82. The van der Waals surface area contributed by atoms with Crippen molar-refractivity contribution < 1.29 is 17.9 Å². The minimum atomic E-state index is -4.73. The van der Waals surface area contributed by atoms with Gasteiger partial charge < -0.3 is 20.4 Å². The summed E-state index contributed by atoms with van der Waals surface area (Å²) in [6.45, 7) is 0.924. The van der Waals surface area contributed by atoms with E-state index in [1.807, 2.05) is 41.1 Å². The number of hydrogen-bond donors (Lipinski definition) is 2. The zero-order chi connectivity index (χ0) is 20.0. The highest BCUT2D eigenvalue weighted by atomic mass is 19.4. The molecule has 0 radical (unpaired) electrons. The van der Waals surface area contributed by atoms with Gasteiger partial charge in [-0.1, -0.05) is 30.3 Å². The SMILES string of the molecule is NC(=NCc1nccn1Cc1ccccc1)Nc1ccc(OC(F)(F)F)cc1. The van der Waals surface area contributed by atoms with E-state index in [1.54, 1.807) is 6.20 Å². The molecule has 0 aliphatic carbocycles. The van der Waals surface area contributed by atoms with Crippen LogP contribution < -0.4 is 15.8 Å². The monoisotopic (exact) mass is 389 g/mol. The molecule has 0 spiro atoms. The maximum atomic E-state index is 12.2. The molecule has 1 heterocycles. The number of alkyl halides is 3. The number of nitrogens with two attached hydrogens (primary N) is 1. The summed E-state index contributed by atoms with van der Waals surface area (Å²) in [7, 11) is 0. The number of guanidine groups is 1. The van der Waals surface area contributed by atoms with Crippen LogP contribution >= 0.6 is 0 Å². The Bertz CT molecular complexity index is 921. The Balaban J connectivity index is 1.59. The third-order valence-corrected chi connectivity index (χ3v) is 3.75. The average Bonchev–Trinajstić information content (AvgIpc) is 3.08. The van der Waals surface area contributed by atoms with Crippen LogP contribution in [0.3, 0.4) is 0 Å². The van der Waals surface area contributed by atoms with Crippen LogP contribution in [0.2, 0.25) is 0 Å². The lowest BCUT2D eigenvalue weighted by Crippen LogP contribution is -2.23. The molecular weight excluding hydrogens is 371 g/mol. The second kappa shape index (κ2) is 8.47. The van der Waals surface area contributed by atoms with Gasteiger partial charge in [0.05, 0.1) is 0 Å². The molecule has 0 atom stereocenters. The van der Waals surface area contributed by atoms with Gasteiger partial charge in [0.15, 0.2) is 5.96 Å².